The topological polar surface area (TPSA) is 88.3 Å². The number of benzene rings is 2. The number of nitrogens with zero attached hydrogens (tertiary/aromatic N) is 3. The Morgan fingerprint density at radius 2 is 1.82 bits per heavy atom. The van der Waals surface area contributed by atoms with Gasteiger partial charge in [-0.2, -0.15) is 4.98 Å². The molecule has 0 bridgehead atoms. The first-order chi connectivity index (χ1) is 15.6. The first-order valence-corrected chi connectivity index (χ1v) is 11.2. The third-order valence-electron chi connectivity index (χ3n) is 5.36. The number of aryl methyl sites for hydroxylation is 1. The van der Waals surface area contributed by atoms with Crippen LogP contribution in [0.5, 0.6) is 0 Å². The van der Waals surface area contributed by atoms with E-state index >= 15 is 0 Å². The van der Waals surface area contributed by atoms with E-state index in [1.165, 1.54) is 6.92 Å². The van der Waals surface area contributed by atoms with Crippen molar-refractivity contribution >= 4 is 17.5 Å². The Kier molecular flexibility index (Phi) is 7.63. The molecule has 0 saturated heterocycles. The molecule has 1 N–H and O–H groups in total. The molecule has 1 heterocycles. The molecule has 0 spiro atoms. The third kappa shape index (κ3) is 6.75. The fraction of sp³-hybridized carbons (Fsp3) is 0.385. The van der Waals surface area contributed by atoms with E-state index in [0.717, 1.165) is 11.1 Å². The van der Waals surface area contributed by atoms with E-state index in [2.05, 4.69) is 15.5 Å². The van der Waals surface area contributed by atoms with E-state index in [9.17, 15) is 9.59 Å². The van der Waals surface area contributed by atoms with Crippen molar-refractivity contribution in [1.29, 1.82) is 0 Å². The highest BCUT2D eigenvalue weighted by Crippen LogP contribution is 2.26. The predicted octanol–water partition coefficient (Wildman–Crippen LogP) is 5.05. The smallest absolute Gasteiger partial charge is 0.227 e. The Bertz CT molecular complexity index is 1090. The van der Waals surface area contributed by atoms with Gasteiger partial charge in [-0.3, -0.25) is 9.59 Å². The van der Waals surface area contributed by atoms with Crippen LogP contribution in [0.4, 0.5) is 5.69 Å². The average Bonchev–Trinajstić information content (AvgIpc) is 3.26. The zero-order chi connectivity index (χ0) is 24.0. The SMILES string of the molecule is CC(=O)Nc1cccc(C(C)N(Cc2ccccc2)C(=O)CCc2nc(C(C)(C)C)no2)c1. The molecule has 7 heteroatoms. The molecule has 0 fully saturated rings. The number of hydrogen-bond donors (Lipinski definition) is 1. The van der Waals surface area contributed by atoms with Gasteiger partial charge in [0.2, 0.25) is 17.7 Å². The average molecular weight is 449 g/mol. The van der Waals surface area contributed by atoms with Crippen molar-refractivity contribution in [1.82, 2.24) is 15.0 Å². The third-order valence-corrected chi connectivity index (χ3v) is 5.36. The van der Waals surface area contributed by atoms with Gasteiger partial charge >= 0.3 is 0 Å². The van der Waals surface area contributed by atoms with Crippen LogP contribution in [0.2, 0.25) is 0 Å². The summed E-state index contributed by atoms with van der Waals surface area (Å²) in [5.41, 5.74) is 2.49. The summed E-state index contributed by atoms with van der Waals surface area (Å²) in [7, 11) is 0. The standard InChI is InChI=1S/C26H32N4O3/c1-18(21-12-9-13-22(16-21)27-19(2)31)30(17-20-10-7-6-8-11-20)24(32)15-14-23-28-25(29-33-23)26(3,4)5/h6-13,16,18H,14-15,17H2,1-5H3,(H,27,31). The highest BCUT2D eigenvalue weighted by atomic mass is 16.5. The maximum atomic E-state index is 13.4. The van der Waals surface area contributed by atoms with Gasteiger partial charge in [-0.25, -0.2) is 0 Å². The first kappa shape index (κ1) is 24.2. The summed E-state index contributed by atoms with van der Waals surface area (Å²) in [5.74, 6) is 0.959. The summed E-state index contributed by atoms with van der Waals surface area (Å²) in [6.07, 6.45) is 0.639. The molecule has 0 aliphatic carbocycles. The van der Waals surface area contributed by atoms with Crippen molar-refractivity contribution in [2.24, 2.45) is 0 Å². The molecule has 7 nitrogen and oxygen atoms in total. The Balaban J connectivity index is 1.79. The molecule has 0 aliphatic heterocycles. The van der Waals surface area contributed by atoms with Crippen LogP contribution in [-0.2, 0) is 28.0 Å². The van der Waals surface area contributed by atoms with E-state index in [0.29, 0.717) is 30.4 Å². The molecule has 3 rings (SSSR count). The van der Waals surface area contributed by atoms with Crippen LogP contribution in [0.15, 0.2) is 59.1 Å². The lowest BCUT2D eigenvalue weighted by atomic mass is 9.96. The Labute approximate surface area is 195 Å². The van der Waals surface area contributed by atoms with Crippen LogP contribution in [0.3, 0.4) is 0 Å². The second-order valence-corrected chi connectivity index (χ2v) is 9.25. The number of hydrogen-bond acceptors (Lipinski definition) is 5. The highest BCUT2D eigenvalue weighted by Gasteiger charge is 2.24. The van der Waals surface area contributed by atoms with E-state index in [1.807, 2.05) is 87.2 Å². The van der Waals surface area contributed by atoms with Gasteiger partial charge in [-0.1, -0.05) is 68.4 Å². The minimum Gasteiger partial charge on any atom is -0.339 e. The Morgan fingerprint density at radius 3 is 2.45 bits per heavy atom. The quantitative estimate of drug-likeness (QED) is 0.521. The maximum absolute atomic E-state index is 13.4. The normalized spacial score (nSPS) is 12.3. The van der Waals surface area contributed by atoms with Gasteiger partial charge in [0.05, 0.1) is 6.04 Å². The molecular formula is C26H32N4O3. The monoisotopic (exact) mass is 448 g/mol. The maximum Gasteiger partial charge on any atom is 0.227 e. The molecule has 0 saturated carbocycles. The molecule has 33 heavy (non-hydrogen) atoms. The lowest BCUT2D eigenvalue weighted by Gasteiger charge is -2.30. The summed E-state index contributed by atoms with van der Waals surface area (Å²) in [6, 6.07) is 17.3. The first-order valence-electron chi connectivity index (χ1n) is 11.2. The molecule has 1 atom stereocenters. The molecule has 1 unspecified atom stereocenters. The van der Waals surface area contributed by atoms with Crippen molar-refractivity contribution in [3.8, 4) is 0 Å². The predicted molar refractivity (Wildman–Crippen MR) is 127 cm³/mol. The van der Waals surface area contributed by atoms with E-state index < -0.39 is 0 Å². The van der Waals surface area contributed by atoms with Crippen molar-refractivity contribution in [3.63, 3.8) is 0 Å². The Hall–Kier alpha value is -3.48. The van der Waals surface area contributed by atoms with Gasteiger partial charge in [0, 0.05) is 37.4 Å². The van der Waals surface area contributed by atoms with Crippen LogP contribution < -0.4 is 5.32 Å². The largest absolute Gasteiger partial charge is 0.339 e. The van der Waals surface area contributed by atoms with Gasteiger partial charge < -0.3 is 14.7 Å². The number of rotatable bonds is 8. The van der Waals surface area contributed by atoms with Crippen molar-refractivity contribution in [2.45, 2.75) is 65.5 Å². The molecule has 2 amide bonds. The molecule has 174 valence electrons. The van der Waals surface area contributed by atoms with Crippen LogP contribution in [0.1, 0.15) is 69.9 Å². The molecule has 3 aromatic rings. The zero-order valence-corrected chi connectivity index (χ0v) is 20.0. The van der Waals surface area contributed by atoms with Gasteiger partial charge in [-0.15, -0.1) is 0 Å². The lowest BCUT2D eigenvalue weighted by molar-refractivity contribution is -0.134. The van der Waals surface area contributed by atoms with E-state index in [1.54, 1.807) is 0 Å². The van der Waals surface area contributed by atoms with Crippen molar-refractivity contribution in [2.75, 3.05) is 5.32 Å². The number of carbonyl (C=O) groups excluding carboxylic acids is 2. The van der Waals surface area contributed by atoms with E-state index in [-0.39, 0.29) is 29.7 Å². The number of nitrogens with one attached hydrogen (secondary N) is 1. The molecule has 0 radical (unpaired) electrons. The Morgan fingerprint density at radius 1 is 1.09 bits per heavy atom. The summed E-state index contributed by atoms with van der Waals surface area (Å²) >= 11 is 0. The second kappa shape index (κ2) is 10.4. The summed E-state index contributed by atoms with van der Waals surface area (Å²) in [4.78, 5) is 31.1. The molecule has 0 aliphatic rings. The van der Waals surface area contributed by atoms with Gasteiger partial charge in [0.15, 0.2) is 5.82 Å². The number of anilines is 1. The van der Waals surface area contributed by atoms with Crippen LogP contribution in [-0.4, -0.2) is 26.9 Å². The van der Waals surface area contributed by atoms with Gasteiger partial charge in [-0.05, 0) is 30.2 Å². The minimum atomic E-state index is -0.210. The molecular weight excluding hydrogens is 416 g/mol. The van der Waals surface area contributed by atoms with E-state index in [4.69, 9.17) is 4.52 Å². The van der Waals surface area contributed by atoms with Gasteiger partial charge in [0.1, 0.15) is 0 Å². The molecule has 1 aromatic heterocycles. The van der Waals surface area contributed by atoms with Crippen LogP contribution >= 0.6 is 0 Å². The number of aromatic nitrogens is 2. The van der Waals surface area contributed by atoms with Crippen molar-refractivity contribution < 1.29 is 14.1 Å². The summed E-state index contributed by atoms with van der Waals surface area (Å²) in [5, 5.41) is 6.86. The van der Waals surface area contributed by atoms with Crippen LogP contribution in [0, 0.1) is 0 Å². The summed E-state index contributed by atoms with van der Waals surface area (Å²) in [6.45, 7) is 10.0. The number of carbonyl (C=O) groups is 2. The van der Waals surface area contributed by atoms with Crippen LogP contribution in [0.25, 0.3) is 0 Å². The summed E-state index contributed by atoms with van der Waals surface area (Å²) < 4.78 is 5.37. The zero-order valence-electron chi connectivity index (χ0n) is 20.0. The van der Waals surface area contributed by atoms with Crippen molar-refractivity contribution in [3.05, 3.63) is 77.4 Å². The van der Waals surface area contributed by atoms with Gasteiger partial charge in [0.25, 0.3) is 0 Å². The fourth-order valence-corrected chi connectivity index (χ4v) is 3.50. The highest BCUT2D eigenvalue weighted by molar-refractivity contribution is 5.88. The second-order valence-electron chi connectivity index (χ2n) is 9.25. The fourth-order valence-electron chi connectivity index (χ4n) is 3.50. The lowest BCUT2D eigenvalue weighted by Crippen LogP contribution is -2.33. The molecule has 2 aromatic carbocycles. The minimum absolute atomic E-state index is 0.00760. The number of amides is 2.